The van der Waals surface area contributed by atoms with Crippen LogP contribution in [-0.2, 0) is 6.42 Å². The van der Waals surface area contributed by atoms with E-state index in [1.54, 1.807) is 0 Å². The number of aryl methyl sites for hydroxylation is 1. The van der Waals surface area contributed by atoms with Gasteiger partial charge in [-0.2, -0.15) is 0 Å². The van der Waals surface area contributed by atoms with Crippen molar-refractivity contribution in [3.8, 4) is 0 Å². The van der Waals surface area contributed by atoms with Gasteiger partial charge < -0.3 is 5.32 Å². The highest BCUT2D eigenvalue weighted by molar-refractivity contribution is 9.10. The molecule has 0 aliphatic heterocycles. The van der Waals surface area contributed by atoms with Crippen molar-refractivity contribution in [2.45, 2.75) is 57.8 Å². The molecule has 0 atom stereocenters. The van der Waals surface area contributed by atoms with Gasteiger partial charge in [0.25, 0.3) is 0 Å². The number of halogens is 1. The fraction of sp³-hybridized carbons (Fsp3) is 0.714. The Balaban J connectivity index is 2.31. The van der Waals surface area contributed by atoms with E-state index in [0.717, 1.165) is 28.2 Å². The number of nitrogens with zero attached hydrogens (tertiary/aromatic N) is 2. The van der Waals surface area contributed by atoms with Gasteiger partial charge in [0.05, 0.1) is 10.2 Å². The van der Waals surface area contributed by atoms with E-state index in [0.29, 0.717) is 5.92 Å². The highest BCUT2D eigenvalue weighted by Crippen LogP contribution is 2.32. The Morgan fingerprint density at radius 2 is 1.83 bits per heavy atom. The van der Waals surface area contributed by atoms with Gasteiger partial charge in [-0.15, -0.1) is 0 Å². The molecule has 1 heterocycles. The summed E-state index contributed by atoms with van der Waals surface area (Å²) in [4.78, 5) is 9.46. The maximum Gasteiger partial charge on any atom is 0.144 e. The lowest BCUT2D eigenvalue weighted by atomic mass is 9.99. The highest BCUT2D eigenvalue weighted by atomic mass is 79.9. The van der Waals surface area contributed by atoms with E-state index in [2.05, 4.69) is 28.2 Å². The van der Waals surface area contributed by atoms with Crippen molar-refractivity contribution >= 4 is 21.7 Å². The van der Waals surface area contributed by atoms with Gasteiger partial charge in [0, 0.05) is 13.0 Å². The molecular formula is C14H22BrN3. The van der Waals surface area contributed by atoms with Gasteiger partial charge in [-0.3, -0.25) is 0 Å². The molecule has 0 aromatic carbocycles. The van der Waals surface area contributed by atoms with Gasteiger partial charge in [-0.05, 0) is 35.2 Å². The zero-order valence-corrected chi connectivity index (χ0v) is 12.9. The average molecular weight is 312 g/mol. The van der Waals surface area contributed by atoms with Crippen molar-refractivity contribution in [2.75, 3.05) is 12.4 Å². The maximum atomic E-state index is 4.77. The monoisotopic (exact) mass is 311 g/mol. The van der Waals surface area contributed by atoms with Crippen molar-refractivity contribution in [3.05, 3.63) is 16.0 Å². The lowest BCUT2D eigenvalue weighted by molar-refractivity contribution is 0.558. The van der Waals surface area contributed by atoms with E-state index in [-0.39, 0.29) is 0 Å². The van der Waals surface area contributed by atoms with Crippen LogP contribution in [0.15, 0.2) is 4.47 Å². The summed E-state index contributed by atoms with van der Waals surface area (Å²) in [6.45, 7) is 2.14. The SMILES string of the molecule is CCc1nc(C2CCCCCC2)nc(NC)c1Br. The molecule has 1 aliphatic rings. The number of nitrogens with one attached hydrogen (secondary N) is 1. The minimum absolute atomic E-state index is 0.554. The standard InChI is InChI=1S/C14H22BrN3/c1-3-11-12(15)14(16-2)18-13(17-11)10-8-6-4-5-7-9-10/h10H,3-9H2,1-2H3,(H,16,17,18). The van der Waals surface area contributed by atoms with Crippen LogP contribution in [0.1, 0.15) is 62.9 Å². The van der Waals surface area contributed by atoms with Crippen LogP contribution < -0.4 is 5.32 Å². The van der Waals surface area contributed by atoms with Crippen molar-refractivity contribution in [1.29, 1.82) is 0 Å². The predicted molar refractivity (Wildman–Crippen MR) is 79.1 cm³/mol. The molecule has 100 valence electrons. The summed E-state index contributed by atoms with van der Waals surface area (Å²) >= 11 is 3.59. The third kappa shape index (κ3) is 3.02. The van der Waals surface area contributed by atoms with Crippen molar-refractivity contribution in [3.63, 3.8) is 0 Å². The van der Waals surface area contributed by atoms with Crippen molar-refractivity contribution < 1.29 is 0 Å². The first-order chi connectivity index (χ1) is 8.76. The Morgan fingerprint density at radius 3 is 2.39 bits per heavy atom. The Kier molecular flexibility index (Phi) is 4.98. The quantitative estimate of drug-likeness (QED) is 0.847. The summed E-state index contributed by atoms with van der Waals surface area (Å²) in [6.07, 6.45) is 8.80. The molecule has 1 aromatic rings. The molecule has 0 spiro atoms. The zero-order chi connectivity index (χ0) is 13.0. The predicted octanol–water partition coefficient (Wildman–Crippen LogP) is 4.28. The molecule has 0 bridgehead atoms. The van der Waals surface area contributed by atoms with Crippen LogP contribution in [0.25, 0.3) is 0 Å². The third-order valence-electron chi connectivity index (χ3n) is 3.73. The van der Waals surface area contributed by atoms with E-state index in [4.69, 9.17) is 9.97 Å². The van der Waals surface area contributed by atoms with E-state index in [1.807, 2.05) is 7.05 Å². The molecule has 1 N–H and O–H groups in total. The Labute approximate surface area is 118 Å². The van der Waals surface area contributed by atoms with Gasteiger partial charge in [0.1, 0.15) is 11.6 Å². The van der Waals surface area contributed by atoms with Crippen LogP contribution in [0, 0.1) is 0 Å². The second-order valence-corrected chi connectivity index (χ2v) is 5.78. The summed E-state index contributed by atoms with van der Waals surface area (Å²) < 4.78 is 1.02. The van der Waals surface area contributed by atoms with Gasteiger partial charge in [0.15, 0.2) is 0 Å². The van der Waals surface area contributed by atoms with E-state index >= 15 is 0 Å². The highest BCUT2D eigenvalue weighted by Gasteiger charge is 2.19. The molecule has 0 amide bonds. The first kappa shape index (κ1) is 13.8. The molecule has 0 saturated heterocycles. The summed E-state index contributed by atoms with van der Waals surface area (Å²) in [5, 5.41) is 3.17. The molecule has 18 heavy (non-hydrogen) atoms. The number of hydrogen-bond acceptors (Lipinski definition) is 3. The Bertz CT molecular complexity index is 373. The molecule has 1 saturated carbocycles. The first-order valence-corrected chi connectivity index (χ1v) is 7.79. The lowest BCUT2D eigenvalue weighted by Gasteiger charge is -2.16. The molecule has 1 aliphatic carbocycles. The molecule has 0 unspecified atom stereocenters. The normalized spacial score (nSPS) is 17.5. The van der Waals surface area contributed by atoms with E-state index in [1.165, 1.54) is 38.5 Å². The van der Waals surface area contributed by atoms with Gasteiger partial charge in [-0.1, -0.05) is 32.6 Å². The van der Waals surface area contributed by atoms with Crippen LogP contribution in [0.2, 0.25) is 0 Å². The second-order valence-electron chi connectivity index (χ2n) is 4.98. The molecule has 3 nitrogen and oxygen atoms in total. The molecule has 0 radical (unpaired) electrons. The third-order valence-corrected chi connectivity index (χ3v) is 4.56. The number of anilines is 1. The number of hydrogen-bond donors (Lipinski definition) is 1. The van der Waals surface area contributed by atoms with Crippen molar-refractivity contribution in [1.82, 2.24) is 9.97 Å². The fourth-order valence-electron chi connectivity index (χ4n) is 2.63. The fourth-order valence-corrected chi connectivity index (χ4v) is 3.29. The van der Waals surface area contributed by atoms with Crippen molar-refractivity contribution in [2.24, 2.45) is 0 Å². The van der Waals surface area contributed by atoms with Crippen LogP contribution in [0.5, 0.6) is 0 Å². The summed E-state index contributed by atoms with van der Waals surface area (Å²) in [7, 11) is 1.92. The Hall–Kier alpha value is -0.640. The van der Waals surface area contributed by atoms with Crippen LogP contribution in [0.3, 0.4) is 0 Å². The number of aromatic nitrogens is 2. The molecular weight excluding hydrogens is 290 g/mol. The summed E-state index contributed by atoms with van der Waals surface area (Å²) in [5.41, 5.74) is 1.12. The van der Waals surface area contributed by atoms with Gasteiger partial charge in [0.2, 0.25) is 0 Å². The molecule has 2 rings (SSSR count). The maximum absolute atomic E-state index is 4.77. The van der Waals surface area contributed by atoms with Crippen LogP contribution >= 0.6 is 15.9 Å². The van der Waals surface area contributed by atoms with Gasteiger partial charge in [-0.25, -0.2) is 9.97 Å². The topological polar surface area (TPSA) is 37.8 Å². The lowest BCUT2D eigenvalue weighted by Crippen LogP contribution is -2.09. The minimum atomic E-state index is 0.554. The number of rotatable bonds is 3. The van der Waals surface area contributed by atoms with Crippen LogP contribution in [0.4, 0.5) is 5.82 Å². The zero-order valence-electron chi connectivity index (χ0n) is 11.3. The first-order valence-electron chi connectivity index (χ1n) is 7.00. The van der Waals surface area contributed by atoms with E-state index in [9.17, 15) is 0 Å². The summed E-state index contributed by atoms with van der Waals surface area (Å²) in [5.74, 6) is 2.53. The molecule has 4 heteroatoms. The second kappa shape index (κ2) is 6.50. The Morgan fingerprint density at radius 1 is 1.17 bits per heavy atom. The largest absolute Gasteiger partial charge is 0.372 e. The van der Waals surface area contributed by atoms with Crippen LogP contribution in [-0.4, -0.2) is 17.0 Å². The minimum Gasteiger partial charge on any atom is -0.372 e. The smallest absolute Gasteiger partial charge is 0.144 e. The van der Waals surface area contributed by atoms with E-state index < -0.39 is 0 Å². The van der Waals surface area contributed by atoms with Gasteiger partial charge >= 0.3 is 0 Å². The summed E-state index contributed by atoms with van der Waals surface area (Å²) in [6, 6.07) is 0. The molecule has 1 aromatic heterocycles. The average Bonchev–Trinajstić information content (AvgIpc) is 2.68. The molecule has 1 fully saturated rings.